The number of amides is 2. The van der Waals surface area contributed by atoms with E-state index in [2.05, 4.69) is 10.2 Å². The zero-order valence-corrected chi connectivity index (χ0v) is 14.0. The second kappa shape index (κ2) is 7.11. The first-order valence-corrected chi connectivity index (χ1v) is 8.20. The molecule has 0 saturated carbocycles. The highest BCUT2D eigenvalue weighted by Crippen LogP contribution is 2.26. The number of hydrogen-bond donors (Lipinski definition) is 1. The number of carbonyl (C=O) groups is 1. The van der Waals surface area contributed by atoms with E-state index in [1.165, 1.54) is 0 Å². The molecule has 3 rings (SSSR count). The van der Waals surface area contributed by atoms with Gasteiger partial charge in [-0.2, -0.15) is 0 Å². The van der Waals surface area contributed by atoms with Gasteiger partial charge in [-0.25, -0.2) is 4.79 Å². The summed E-state index contributed by atoms with van der Waals surface area (Å²) in [4.78, 5) is 16.3. The minimum absolute atomic E-state index is 0.128. The van der Waals surface area contributed by atoms with Gasteiger partial charge in [0.1, 0.15) is 0 Å². The van der Waals surface area contributed by atoms with Crippen molar-refractivity contribution in [3.63, 3.8) is 0 Å². The monoisotopic (exact) mass is 349 g/mol. The van der Waals surface area contributed by atoms with Gasteiger partial charge in [0.05, 0.1) is 21.4 Å². The van der Waals surface area contributed by atoms with E-state index in [0.717, 1.165) is 23.8 Å². The molecular formula is C17H17Cl2N3O. The Hall–Kier alpha value is -1.91. The lowest BCUT2D eigenvalue weighted by Crippen LogP contribution is -2.50. The van der Waals surface area contributed by atoms with Crippen LogP contribution in [0, 0.1) is 0 Å². The third-order valence-corrected chi connectivity index (χ3v) is 4.52. The number of anilines is 2. The molecule has 1 N–H and O–H groups in total. The number of para-hydroxylation sites is 2. The molecule has 1 heterocycles. The highest BCUT2D eigenvalue weighted by atomic mass is 35.5. The molecule has 1 saturated heterocycles. The molecule has 1 fully saturated rings. The SMILES string of the molecule is O=C(Nc1ccccc1Cl)N1CCN(c2ccccc2Cl)CC1. The van der Waals surface area contributed by atoms with Crippen LogP contribution < -0.4 is 10.2 Å². The molecule has 0 aliphatic carbocycles. The first-order chi connectivity index (χ1) is 11.1. The van der Waals surface area contributed by atoms with Gasteiger partial charge in [-0.3, -0.25) is 0 Å². The van der Waals surface area contributed by atoms with E-state index in [9.17, 15) is 4.79 Å². The quantitative estimate of drug-likeness (QED) is 0.874. The lowest BCUT2D eigenvalue weighted by atomic mass is 10.2. The first kappa shape index (κ1) is 16.0. The smallest absolute Gasteiger partial charge is 0.322 e. The predicted octanol–water partition coefficient (Wildman–Crippen LogP) is 4.35. The van der Waals surface area contributed by atoms with Gasteiger partial charge >= 0.3 is 6.03 Å². The normalized spacial score (nSPS) is 14.7. The summed E-state index contributed by atoms with van der Waals surface area (Å²) in [5, 5.41) is 4.13. The third kappa shape index (κ3) is 3.71. The fourth-order valence-corrected chi connectivity index (χ4v) is 3.05. The van der Waals surface area contributed by atoms with Gasteiger partial charge in [-0.1, -0.05) is 47.5 Å². The van der Waals surface area contributed by atoms with Crippen LogP contribution >= 0.6 is 23.2 Å². The minimum Gasteiger partial charge on any atom is -0.367 e. The van der Waals surface area contributed by atoms with Crippen LogP contribution in [0.1, 0.15) is 0 Å². The third-order valence-electron chi connectivity index (χ3n) is 3.88. The Morgan fingerprint density at radius 1 is 0.870 bits per heavy atom. The molecule has 0 spiro atoms. The number of nitrogens with zero attached hydrogens (tertiary/aromatic N) is 2. The summed E-state index contributed by atoms with van der Waals surface area (Å²) in [7, 11) is 0. The topological polar surface area (TPSA) is 35.6 Å². The molecule has 23 heavy (non-hydrogen) atoms. The minimum atomic E-state index is -0.128. The van der Waals surface area contributed by atoms with E-state index < -0.39 is 0 Å². The first-order valence-electron chi connectivity index (χ1n) is 7.45. The molecule has 6 heteroatoms. The second-order valence-electron chi connectivity index (χ2n) is 5.34. The molecule has 4 nitrogen and oxygen atoms in total. The molecule has 0 unspecified atom stereocenters. The number of hydrogen-bond acceptors (Lipinski definition) is 2. The van der Waals surface area contributed by atoms with Crippen molar-refractivity contribution >= 4 is 40.6 Å². The average Bonchev–Trinajstić information content (AvgIpc) is 2.57. The van der Waals surface area contributed by atoms with Crippen molar-refractivity contribution in [2.24, 2.45) is 0 Å². The molecule has 0 radical (unpaired) electrons. The molecular weight excluding hydrogens is 333 g/mol. The van der Waals surface area contributed by atoms with Gasteiger partial charge < -0.3 is 15.1 Å². The van der Waals surface area contributed by atoms with Gasteiger partial charge in [0.25, 0.3) is 0 Å². The van der Waals surface area contributed by atoms with Crippen molar-refractivity contribution < 1.29 is 4.79 Å². The van der Waals surface area contributed by atoms with Gasteiger partial charge in [0.2, 0.25) is 0 Å². The van der Waals surface area contributed by atoms with Crippen LogP contribution in [-0.2, 0) is 0 Å². The molecule has 2 aromatic carbocycles. The number of urea groups is 1. The van der Waals surface area contributed by atoms with Crippen LogP contribution in [-0.4, -0.2) is 37.1 Å². The summed E-state index contributed by atoms with van der Waals surface area (Å²) in [6.45, 7) is 2.78. The van der Waals surface area contributed by atoms with Crippen LogP contribution in [0.2, 0.25) is 10.0 Å². The van der Waals surface area contributed by atoms with E-state index in [0.29, 0.717) is 23.8 Å². The summed E-state index contributed by atoms with van der Waals surface area (Å²) < 4.78 is 0. The Balaban J connectivity index is 1.60. The van der Waals surface area contributed by atoms with E-state index in [1.807, 2.05) is 36.4 Å². The maximum absolute atomic E-state index is 12.3. The van der Waals surface area contributed by atoms with Crippen LogP contribution in [0.15, 0.2) is 48.5 Å². The molecule has 1 aliphatic rings. The molecule has 0 bridgehead atoms. The van der Waals surface area contributed by atoms with Crippen molar-refractivity contribution in [3.05, 3.63) is 58.6 Å². The summed E-state index contributed by atoms with van der Waals surface area (Å²) in [6.07, 6.45) is 0. The molecule has 2 amide bonds. The second-order valence-corrected chi connectivity index (χ2v) is 6.15. The Morgan fingerprint density at radius 3 is 2.13 bits per heavy atom. The van der Waals surface area contributed by atoms with E-state index in [4.69, 9.17) is 23.2 Å². The summed E-state index contributed by atoms with van der Waals surface area (Å²) in [5.41, 5.74) is 1.65. The van der Waals surface area contributed by atoms with Gasteiger partial charge in [-0.05, 0) is 24.3 Å². The van der Waals surface area contributed by atoms with Crippen molar-refractivity contribution in [3.8, 4) is 0 Å². The summed E-state index contributed by atoms with van der Waals surface area (Å²) in [5.74, 6) is 0. The molecule has 0 atom stereocenters. The van der Waals surface area contributed by atoms with Crippen molar-refractivity contribution in [2.75, 3.05) is 36.4 Å². The lowest BCUT2D eigenvalue weighted by Gasteiger charge is -2.36. The Morgan fingerprint density at radius 2 is 1.48 bits per heavy atom. The summed E-state index contributed by atoms with van der Waals surface area (Å²) in [6, 6.07) is 14.9. The van der Waals surface area contributed by atoms with E-state index in [1.54, 1.807) is 17.0 Å². The largest absolute Gasteiger partial charge is 0.367 e. The van der Waals surface area contributed by atoms with Crippen LogP contribution in [0.4, 0.5) is 16.2 Å². The molecule has 0 aromatic heterocycles. The Kier molecular flexibility index (Phi) is 4.94. The zero-order chi connectivity index (χ0) is 16.2. The fourth-order valence-electron chi connectivity index (χ4n) is 2.62. The Bertz CT molecular complexity index is 700. The van der Waals surface area contributed by atoms with Crippen LogP contribution in [0.3, 0.4) is 0 Å². The van der Waals surface area contributed by atoms with Gasteiger partial charge in [-0.15, -0.1) is 0 Å². The lowest BCUT2D eigenvalue weighted by molar-refractivity contribution is 0.208. The number of piperazine rings is 1. The van der Waals surface area contributed by atoms with Crippen molar-refractivity contribution in [1.82, 2.24) is 4.90 Å². The van der Waals surface area contributed by atoms with E-state index >= 15 is 0 Å². The Labute approximate surface area is 145 Å². The van der Waals surface area contributed by atoms with Gasteiger partial charge in [0.15, 0.2) is 0 Å². The number of rotatable bonds is 2. The molecule has 120 valence electrons. The predicted molar refractivity (Wildman–Crippen MR) is 95.7 cm³/mol. The zero-order valence-electron chi connectivity index (χ0n) is 12.5. The highest BCUT2D eigenvalue weighted by Gasteiger charge is 2.22. The van der Waals surface area contributed by atoms with Crippen molar-refractivity contribution in [2.45, 2.75) is 0 Å². The average molecular weight is 350 g/mol. The van der Waals surface area contributed by atoms with Crippen LogP contribution in [0.5, 0.6) is 0 Å². The standard InChI is InChI=1S/C17H17Cl2N3O/c18-13-5-1-3-7-15(13)20-17(23)22-11-9-21(10-12-22)16-8-4-2-6-14(16)19/h1-8H,9-12H2,(H,20,23). The van der Waals surface area contributed by atoms with Crippen LogP contribution in [0.25, 0.3) is 0 Å². The summed E-state index contributed by atoms with van der Waals surface area (Å²) >= 11 is 12.3. The molecule has 2 aromatic rings. The number of benzene rings is 2. The number of halogens is 2. The highest BCUT2D eigenvalue weighted by molar-refractivity contribution is 6.33. The fraction of sp³-hybridized carbons (Fsp3) is 0.235. The maximum atomic E-state index is 12.3. The van der Waals surface area contributed by atoms with E-state index in [-0.39, 0.29) is 6.03 Å². The van der Waals surface area contributed by atoms with Crippen molar-refractivity contribution in [1.29, 1.82) is 0 Å². The number of carbonyl (C=O) groups excluding carboxylic acids is 1. The maximum Gasteiger partial charge on any atom is 0.322 e. The number of nitrogens with one attached hydrogen (secondary N) is 1. The molecule has 1 aliphatic heterocycles. The van der Waals surface area contributed by atoms with Gasteiger partial charge in [0, 0.05) is 26.2 Å².